The van der Waals surface area contributed by atoms with E-state index in [1.165, 1.54) is 11.3 Å². The molecule has 4 heterocycles. The van der Waals surface area contributed by atoms with E-state index in [1.807, 2.05) is 35.7 Å². The molecule has 1 aliphatic heterocycles. The maximum absolute atomic E-state index is 10.6. The molecule has 0 spiro atoms. The van der Waals surface area contributed by atoms with Gasteiger partial charge in [-0.3, -0.25) is 4.57 Å². The monoisotopic (exact) mass is 573 g/mol. The third-order valence-corrected chi connectivity index (χ3v) is 6.78. The maximum atomic E-state index is 10.6. The van der Waals surface area contributed by atoms with E-state index >= 15 is 0 Å². The zero-order chi connectivity index (χ0) is 22.9. The van der Waals surface area contributed by atoms with E-state index in [0.29, 0.717) is 35.2 Å². The highest BCUT2D eigenvalue weighted by Gasteiger charge is 2.38. The van der Waals surface area contributed by atoms with Crippen LogP contribution in [0.25, 0.3) is 21.9 Å². The first-order chi connectivity index (χ1) is 16.0. The van der Waals surface area contributed by atoms with E-state index in [9.17, 15) is 10.2 Å². The van der Waals surface area contributed by atoms with Gasteiger partial charge in [-0.1, -0.05) is 24.1 Å². The average Bonchev–Trinajstić information content (AvgIpc) is 3.53. The number of fused-ring (bicyclic) bond motifs is 1. The molecule has 4 aromatic rings. The Morgan fingerprint density at radius 2 is 2.12 bits per heavy atom. The Balaban J connectivity index is 1.66. The zero-order valence-corrected chi connectivity index (χ0v) is 20.5. The molecule has 0 aliphatic carbocycles. The number of imidazole rings is 1. The minimum absolute atomic E-state index is 0.0190. The largest absolute Gasteiger partial charge is 0.388 e. The van der Waals surface area contributed by atoms with Crippen molar-refractivity contribution in [1.82, 2.24) is 19.5 Å². The number of halogens is 1. The lowest BCUT2D eigenvalue weighted by molar-refractivity contribution is -0.0167. The second-order valence-corrected chi connectivity index (χ2v) is 9.68. The van der Waals surface area contributed by atoms with E-state index in [-0.39, 0.29) is 6.61 Å². The van der Waals surface area contributed by atoms with Crippen LogP contribution in [0.1, 0.15) is 24.5 Å². The van der Waals surface area contributed by atoms with Gasteiger partial charge >= 0.3 is 0 Å². The summed E-state index contributed by atoms with van der Waals surface area (Å²) in [5.74, 6) is 7.32. The highest BCUT2D eigenvalue weighted by Crippen LogP contribution is 2.33. The predicted molar refractivity (Wildman–Crippen MR) is 135 cm³/mol. The molecule has 8 nitrogen and oxygen atoms in total. The molecule has 3 N–H and O–H groups in total. The fourth-order valence-corrected chi connectivity index (χ4v) is 4.96. The molecule has 3 aromatic heterocycles. The van der Waals surface area contributed by atoms with Crippen LogP contribution in [0.4, 0.5) is 5.82 Å². The molecule has 33 heavy (non-hydrogen) atoms. The van der Waals surface area contributed by atoms with E-state index in [4.69, 9.17) is 14.7 Å². The topological polar surface area (TPSA) is 105 Å². The number of thiophene rings is 1. The number of ether oxygens (including phenoxy) is 1. The summed E-state index contributed by atoms with van der Waals surface area (Å²) in [6, 6.07) is 12.1. The number of aliphatic hydroxyl groups is 2. The van der Waals surface area contributed by atoms with Crippen LogP contribution in [0.3, 0.4) is 0 Å². The Morgan fingerprint density at radius 1 is 1.24 bits per heavy atom. The summed E-state index contributed by atoms with van der Waals surface area (Å²) in [5, 5.41) is 26.0. The Hall–Kier alpha value is -2.56. The van der Waals surface area contributed by atoms with Crippen LogP contribution in [0.15, 0.2) is 41.8 Å². The highest BCUT2D eigenvalue weighted by molar-refractivity contribution is 14.1. The van der Waals surface area contributed by atoms with Gasteiger partial charge in [-0.2, -0.15) is 0 Å². The van der Waals surface area contributed by atoms with Crippen molar-refractivity contribution in [1.29, 1.82) is 0 Å². The quantitative estimate of drug-likeness (QED) is 0.248. The second-order valence-electron chi connectivity index (χ2n) is 7.49. The molecule has 1 aliphatic rings. The molecule has 1 saturated heterocycles. The van der Waals surface area contributed by atoms with Gasteiger partial charge in [0.25, 0.3) is 0 Å². The number of hydrogen-bond donors (Lipinski definition) is 3. The van der Waals surface area contributed by atoms with Gasteiger partial charge in [0.2, 0.25) is 0 Å². The Kier molecular flexibility index (Phi) is 6.31. The fraction of sp³-hybridized carbons (Fsp3) is 0.261. The van der Waals surface area contributed by atoms with Crippen molar-refractivity contribution < 1.29 is 14.9 Å². The van der Waals surface area contributed by atoms with Gasteiger partial charge in [0.1, 0.15) is 12.2 Å². The standard InChI is InChI=1S/C23H20IN5O3S/c1-2-5-17-26-18-21(25-11-13-6-3-7-14(24)10-13)27-20(16-8-4-9-33-16)28-22(18)29(17)23-19(31)15(30)12-32-23/h3-4,6-10,15,19,23,30-31H,11-12H2,1H3,(H,25,27,28)/t15-,19-,23-/m1/s1. The first-order valence-electron chi connectivity index (χ1n) is 10.3. The minimum atomic E-state index is -1.12. The summed E-state index contributed by atoms with van der Waals surface area (Å²) in [6.07, 6.45) is -2.97. The predicted octanol–water partition coefficient (Wildman–Crippen LogP) is 3.39. The lowest BCUT2D eigenvalue weighted by atomic mass is 10.2. The summed E-state index contributed by atoms with van der Waals surface area (Å²) in [4.78, 5) is 15.1. The summed E-state index contributed by atoms with van der Waals surface area (Å²) in [6.45, 7) is 2.28. The number of nitrogens with zero attached hydrogens (tertiary/aromatic N) is 4. The van der Waals surface area contributed by atoms with Crippen LogP contribution in [0.2, 0.25) is 0 Å². The Bertz CT molecular complexity index is 1360. The molecule has 1 fully saturated rings. The van der Waals surface area contributed by atoms with E-state index in [2.05, 4.69) is 50.8 Å². The maximum Gasteiger partial charge on any atom is 0.189 e. The van der Waals surface area contributed by atoms with Gasteiger partial charge < -0.3 is 20.3 Å². The van der Waals surface area contributed by atoms with Gasteiger partial charge in [-0.15, -0.1) is 11.3 Å². The van der Waals surface area contributed by atoms with Crippen LogP contribution in [0, 0.1) is 15.4 Å². The molecule has 10 heteroatoms. The minimum Gasteiger partial charge on any atom is -0.388 e. The lowest BCUT2D eigenvalue weighted by Gasteiger charge is -2.18. The molecule has 5 rings (SSSR count). The average molecular weight is 573 g/mol. The first kappa shape index (κ1) is 22.2. The molecule has 0 bridgehead atoms. The number of hydrogen-bond acceptors (Lipinski definition) is 8. The smallest absolute Gasteiger partial charge is 0.189 e. The molecular formula is C23H20IN5O3S. The van der Waals surface area contributed by atoms with Crippen molar-refractivity contribution in [3.63, 3.8) is 0 Å². The molecule has 1 aromatic carbocycles. The molecule has 0 radical (unpaired) electrons. The SMILES string of the molecule is CC#Cc1nc2c(NCc3cccc(I)c3)nc(-c3cccs3)nc2n1[C@@H]1OC[C@@H](O)[C@H]1O. The summed E-state index contributed by atoms with van der Waals surface area (Å²) in [5.41, 5.74) is 2.11. The van der Waals surface area contributed by atoms with Crippen molar-refractivity contribution >= 4 is 50.9 Å². The molecule has 168 valence electrons. The highest BCUT2D eigenvalue weighted by atomic mass is 127. The number of anilines is 1. The normalized spacial score (nSPS) is 20.1. The van der Waals surface area contributed by atoms with Crippen LogP contribution >= 0.6 is 33.9 Å². The molecule has 0 amide bonds. The van der Waals surface area contributed by atoms with Gasteiger partial charge in [0.15, 0.2) is 34.9 Å². The summed E-state index contributed by atoms with van der Waals surface area (Å²) < 4.78 is 8.51. The van der Waals surface area contributed by atoms with Gasteiger partial charge in [-0.05, 0) is 64.6 Å². The summed E-state index contributed by atoms with van der Waals surface area (Å²) in [7, 11) is 0. The number of aromatic nitrogens is 4. The number of rotatable bonds is 5. The second kappa shape index (κ2) is 9.36. The molecule has 3 atom stereocenters. The zero-order valence-electron chi connectivity index (χ0n) is 17.6. The number of benzene rings is 1. The Labute approximate surface area is 207 Å². The molecular weight excluding hydrogens is 553 g/mol. The van der Waals surface area contributed by atoms with Crippen molar-refractivity contribution in [3.8, 4) is 22.5 Å². The van der Waals surface area contributed by atoms with Crippen molar-refractivity contribution in [3.05, 3.63) is 56.7 Å². The van der Waals surface area contributed by atoms with Crippen molar-refractivity contribution in [2.45, 2.75) is 31.9 Å². The van der Waals surface area contributed by atoms with Crippen LogP contribution in [-0.2, 0) is 11.3 Å². The Morgan fingerprint density at radius 3 is 2.82 bits per heavy atom. The lowest BCUT2D eigenvalue weighted by Crippen LogP contribution is -2.29. The van der Waals surface area contributed by atoms with Crippen molar-refractivity contribution in [2.24, 2.45) is 0 Å². The third kappa shape index (κ3) is 4.34. The van der Waals surface area contributed by atoms with Crippen LogP contribution < -0.4 is 5.32 Å². The third-order valence-electron chi connectivity index (χ3n) is 5.25. The van der Waals surface area contributed by atoms with Crippen LogP contribution in [0.5, 0.6) is 0 Å². The number of aliphatic hydroxyl groups excluding tert-OH is 2. The fourth-order valence-electron chi connectivity index (χ4n) is 3.70. The van der Waals surface area contributed by atoms with E-state index in [1.54, 1.807) is 11.5 Å². The van der Waals surface area contributed by atoms with Gasteiger partial charge in [0.05, 0.1) is 11.5 Å². The van der Waals surface area contributed by atoms with Gasteiger partial charge in [-0.25, -0.2) is 15.0 Å². The van der Waals surface area contributed by atoms with Crippen molar-refractivity contribution in [2.75, 3.05) is 11.9 Å². The number of nitrogens with one attached hydrogen (secondary N) is 1. The van der Waals surface area contributed by atoms with Gasteiger partial charge in [0, 0.05) is 10.1 Å². The summed E-state index contributed by atoms with van der Waals surface area (Å²) >= 11 is 3.82. The van der Waals surface area contributed by atoms with E-state index < -0.39 is 18.4 Å². The first-order valence-corrected chi connectivity index (χ1v) is 12.2. The molecule has 0 unspecified atom stereocenters. The molecule has 0 saturated carbocycles. The van der Waals surface area contributed by atoms with Crippen LogP contribution in [-0.4, -0.2) is 48.5 Å². The van der Waals surface area contributed by atoms with E-state index in [0.717, 1.165) is 14.0 Å².